The summed E-state index contributed by atoms with van der Waals surface area (Å²) in [5.41, 5.74) is 0. The first-order chi connectivity index (χ1) is 9.15. The average molecular weight is 302 g/mol. The van der Waals surface area contributed by atoms with Crippen LogP contribution in [0.2, 0.25) is 0 Å². The lowest BCUT2D eigenvalue weighted by atomic mass is 9.85. The van der Waals surface area contributed by atoms with Gasteiger partial charge in [-0.2, -0.15) is 0 Å². The van der Waals surface area contributed by atoms with Crippen molar-refractivity contribution in [2.75, 3.05) is 27.2 Å². The number of nitrogens with zero attached hydrogens (tertiary/aromatic N) is 2. The monoisotopic (exact) mass is 301 g/mol. The average Bonchev–Trinajstić information content (AvgIpc) is 3.04. The number of rotatable bonds is 2. The van der Waals surface area contributed by atoms with Crippen molar-refractivity contribution in [2.24, 2.45) is 5.92 Å². The van der Waals surface area contributed by atoms with Crippen LogP contribution in [0.3, 0.4) is 0 Å². The lowest BCUT2D eigenvalue weighted by Crippen LogP contribution is -2.45. The first kappa shape index (κ1) is 16.1. The van der Waals surface area contributed by atoms with Gasteiger partial charge in [0.15, 0.2) is 0 Å². The molecule has 3 rings (SSSR count). The van der Waals surface area contributed by atoms with Crippen molar-refractivity contribution in [2.45, 2.75) is 56.7 Å². The van der Waals surface area contributed by atoms with Crippen molar-refractivity contribution >= 4 is 18.3 Å². The summed E-state index contributed by atoms with van der Waals surface area (Å²) in [7, 11) is 4.22. The second-order valence-electron chi connectivity index (χ2n) is 6.80. The van der Waals surface area contributed by atoms with E-state index in [4.69, 9.17) is 0 Å². The van der Waals surface area contributed by atoms with Crippen molar-refractivity contribution in [3.05, 3.63) is 0 Å². The van der Waals surface area contributed by atoms with Crippen LogP contribution in [0.25, 0.3) is 0 Å². The van der Waals surface area contributed by atoms with E-state index >= 15 is 0 Å². The molecule has 3 fully saturated rings. The minimum absolute atomic E-state index is 0. The summed E-state index contributed by atoms with van der Waals surface area (Å²) in [5, 5.41) is 3.61. The fourth-order valence-electron chi connectivity index (χ4n) is 4.09. The highest BCUT2D eigenvalue weighted by Gasteiger charge is 2.41. The predicted octanol–water partition coefficient (Wildman–Crippen LogP) is 1.49. The number of halogens is 1. The van der Waals surface area contributed by atoms with E-state index in [1.54, 1.807) is 0 Å². The van der Waals surface area contributed by atoms with Crippen LogP contribution in [0.15, 0.2) is 0 Å². The maximum absolute atomic E-state index is 12.6. The summed E-state index contributed by atoms with van der Waals surface area (Å²) in [5.74, 6) is 1.12. The van der Waals surface area contributed by atoms with E-state index in [9.17, 15) is 4.79 Å². The Hall–Kier alpha value is -0.320. The Labute approximate surface area is 128 Å². The first-order valence-electron chi connectivity index (χ1n) is 7.86. The fraction of sp³-hybridized carbons (Fsp3) is 0.933. The second kappa shape index (κ2) is 6.63. The summed E-state index contributed by atoms with van der Waals surface area (Å²) in [4.78, 5) is 16.9. The Kier molecular flexibility index (Phi) is 5.32. The third-order valence-electron chi connectivity index (χ3n) is 5.37. The lowest BCUT2D eigenvalue weighted by molar-refractivity contribution is -0.132. The molecule has 0 aromatic carbocycles. The summed E-state index contributed by atoms with van der Waals surface area (Å²) in [6.45, 7) is 1.86. The lowest BCUT2D eigenvalue weighted by Gasteiger charge is -2.24. The van der Waals surface area contributed by atoms with Crippen LogP contribution in [-0.4, -0.2) is 61.0 Å². The number of carbonyl (C=O) groups excluding carboxylic acids is 1. The molecule has 0 aromatic heterocycles. The molecule has 4 atom stereocenters. The first-order valence-corrected chi connectivity index (χ1v) is 7.86. The zero-order valence-corrected chi connectivity index (χ0v) is 13.5. The van der Waals surface area contributed by atoms with Gasteiger partial charge in [0.1, 0.15) is 0 Å². The third-order valence-corrected chi connectivity index (χ3v) is 5.37. The predicted molar refractivity (Wildman–Crippen MR) is 83.2 cm³/mol. The van der Waals surface area contributed by atoms with E-state index in [-0.39, 0.29) is 18.4 Å². The van der Waals surface area contributed by atoms with Gasteiger partial charge in [0.25, 0.3) is 0 Å². The van der Waals surface area contributed by atoms with Gasteiger partial charge in [0.2, 0.25) is 5.91 Å². The van der Waals surface area contributed by atoms with Crippen LogP contribution in [0, 0.1) is 5.92 Å². The van der Waals surface area contributed by atoms with E-state index < -0.39 is 0 Å². The van der Waals surface area contributed by atoms with E-state index in [0.29, 0.717) is 18.0 Å². The van der Waals surface area contributed by atoms with Crippen LogP contribution < -0.4 is 5.32 Å². The van der Waals surface area contributed by atoms with Gasteiger partial charge < -0.3 is 15.1 Å². The molecule has 2 aliphatic heterocycles. The topological polar surface area (TPSA) is 35.6 Å². The Morgan fingerprint density at radius 2 is 1.95 bits per heavy atom. The van der Waals surface area contributed by atoms with Crippen LogP contribution in [-0.2, 0) is 4.79 Å². The summed E-state index contributed by atoms with van der Waals surface area (Å²) < 4.78 is 0. The van der Waals surface area contributed by atoms with Crippen molar-refractivity contribution in [1.82, 2.24) is 15.1 Å². The number of amides is 1. The molecule has 0 bridgehead atoms. The Morgan fingerprint density at radius 3 is 2.60 bits per heavy atom. The summed E-state index contributed by atoms with van der Waals surface area (Å²) in [6, 6.07) is 1.27. The normalized spacial score (nSPS) is 36.9. The Morgan fingerprint density at radius 1 is 1.20 bits per heavy atom. The molecule has 116 valence electrons. The van der Waals surface area contributed by atoms with Crippen LogP contribution >= 0.6 is 12.4 Å². The van der Waals surface area contributed by atoms with Crippen molar-refractivity contribution < 1.29 is 4.79 Å². The SMILES string of the molecule is CN(C)C1CCN(C(=O)C2CC3CCCCC3N2)C1.Cl. The molecular weight excluding hydrogens is 274 g/mol. The molecule has 4 nitrogen and oxygen atoms in total. The molecular formula is C15H28ClN3O. The number of nitrogens with one attached hydrogen (secondary N) is 1. The maximum Gasteiger partial charge on any atom is 0.239 e. The fourth-order valence-corrected chi connectivity index (χ4v) is 4.09. The number of likely N-dealkylation sites (tertiary alicyclic amines) is 1. The minimum Gasteiger partial charge on any atom is -0.340 e. The maximum atomic E-state index is 12.6. The molecule has 2 saturated heterocycles. The third kappa shape index (κ3) is 3.12. The molecule has 1 aliphatic carbocycles. The van der Waals surface area contributed by atoms with E-state index in [1.807, 2.05) is 0 Å². The zero-order chi connectivity index (χ0) is 13.4. The molecule has 5 heteroatoms. The number of hydrogen-bond donors (Lipinski definition) is 1. The van der Waals surface area contributed by atoms with Crippen LogP contribution in [0.5, 0.6) is 0 Å². The van der Waals surface area contributed by atoms with Crippen LogP contribution in [0.4, 0.5) is 0 Å². The highest BCUT2D eigenvalue weighted by Crippen LogP contribution is 2.34. The van der Waals surface area contributed by atoms with E-state index in [1.165, 1.54) is 25.7 Å². The van der Waals surface area contributed by atoms with Gasteiger partial charge in [0, 0.05) is 25.2 Å². The van der Waals surface area contributed by atoms with Gasteiger partial charge in [0.05, 0.1) is 6.04 Å². The van der Waals surface area contributed by atoms with E-state index in [2.05, 4.69) is 29.2 Å². The van der Waals surface area contributed by atoms with Crippen LogP contribution in [0.1, 0.15) is 38.5 Å². The van der Waals surface area contributed by atoms with Crippen molar-refractivity contribution in [3.8, 4) is 0 Å². The van der Waals surface area contributed by atoms with Crippen molar-refractivity contribution in [3.63, 3.8) is 0 Å². The highest BCUT2D eigenvalue weighted by atomic mass is 35.5. The Balaban J connectivity index is 0.00000147. The number of likely N-dealkylation sites (N-methyl/N-ethyl adjacent to an activating group) is 1. The molecule has 4 unspecified atom stereocenters. The van der Waals surface area contributed by atoms with Gasteiger partial charge >= 0.3 is 0 Å². The van der Waals surface area contributed by atoms with E-state index in [0.717, 1.165) is 31.8 Å². The Bertz CT molecular complexity index is 336. The highest BCUT2D eigenvalue weighted by molar-refractivity contribution is 5.85. The molecule has 0 spiro atoms. The van der Waals surface area contributed by atoms with Gasteiger partial charge in [-0.1, -0.05) is 12.8 Å². The largest absolute Gasteiger partial charge is 0.340 e. The standard InChI is InChI=1S/C15H27N3O.ClH/c1-17(2)12-7-8-18(10-12)15(19)14-9-11-5-3-4-6-13(11)16-14;/h11-14,16H,3-10H2,1-2H3;1H. The van der Waals surface area contributed by atoms with Gasteiger partial charge in [-0.15, -0.1) is 12.4 Å². The molecule has 1 N–H and O–H groups in total. The summed E-state index contributed by atoms with van der Waals surface area (Å²) >= 11 is 0. The van der Waals surface area contributed by atoms with Crippen molar-refractivity contribution in [1.29, 1.82) is 0 Å². The number of hydrogen-bond acceptors (Lipinski definition) is 3. The number of carbonyl (C=O) groups is 1. The molecule has 1 saturated carbocycles. The zero-order valence-electron chi connectivity index (χ0n) is 12.7. The van der Waals surface area contributed by atoms with Gasteiger partial charge in [-0.05, 0) is 45.7 Å². The molecule has 0 radical (unpaired) electrons. The summed E-state index contributed by atoms with van der Waals surface area (Å²) in [6.07, 6.45) is 7.49. The smallest absolute Gasteiger partial charge is 0.239 e. The molecule has 1 amide bonds. The van der Waals surface area contributed by atoms with Gasteiger partial charge in [-0.25, -0.2) is 0 Å². The molecule has 3 aliphatic rings. The molecule has 2 heterocycles. The quantitative estimate of drug-likeness (QED) is 0.839. The molecule has 20 heavy (non-hydrogen) atoms. The minimum atomic E-state index is 0. The van der Waals surface area contributed by atoms with Gasteiger partial charge in [-0.3, -0.25) is 4.79 Å². The molecule has 0 aromatic rings. The number of fused-ring (bicyclic) bond motifs is 1. The second-order valence-corrected chi connectivity index (χ2v) is 6.80.